The smallest absolute Gasteiger partial charge is 0.475 e. The van der Waals surface area contributed by atoms with Crippen molar-refractivity contribution in [2.45, 2.75) is 44.9 Å². The van der Waals surface area contributed by atoms with Gasteiger partial charge in [0.1, 0.15) is 5.71 Å². The maximum Gasteiger partial charge on any atom is 0.490 e. The number of aromatic nitrogens is 2. The third kappa shape index (κ3) is 5.78. The fourth-order valence-electron chi connectivity index (χ4n) is 3.12. The number of amides is 1. The highest BCUT2D eigenvalue weighted by atomic mass is 19.4. The Morgan fingerprint density at radius 1 is 1.28 bits per heavy atom. The summed E-state index contributed by atoms with van der Waals surface area (Å²) in [4.78, 5) is 37.5. The van der Waals surface area contributed by atoms with Gasteiger partial charge in [-0.25, -0.2) is 14.8 Å². The minimum atomic E-state index is -5.08. The van der Waals surface area contributed by atoms with E-state index in [4.69, 9.17) is 14.7 Å². The summed E-state index contributed by atoms with van der Waals surface area (Å²) < 4.78 is 31.7. The third-order valence-corrected chi connectivity index (χ3v) is 4.36. The number of nitrogens with zero attached hydrogens (tertiary/aromatic N) is 4. The summed E-state index contributed by atoms with van der Waals surface area (Å²) in [5.74, 6) is -2.20. The van der Waals surface area contributed by atoms with Crippen molar-refractivity contribution in [3.63, 3.8) is 0 Å². The molecule has 1 saturated heterocycles. The van der Waals surface area contributed by atoms with Gasteiger partial charge in [-0.3, -0.25) is 4.79 Å². The molecule has 3 heterocycles. The zero-order chi connectivity index (χ0) is 21.8. The Kier molecular flexibility index (Phi) is 6.65. The minimum absolute atomic E-state index is 0.170. The van der Waals surface area contributed by atoms with Crippen molar-refractivity contribution in [3.05, 3.63) is 17.5 Å². The number of nitrogens with one attached hydrogen (secondary N) is 1. The summed E-state index contributed by atoms with van der Waals surface area (Å²) in [7, 11) is 1.60. The number of carbonyl (C=O) groups excluding carboxylic acids is 1. The van der Waals surface area contributed by atoms with Crippen LogP contribution in [0.2, 0.25) is 0 Å². The molecule has 9 nitrogen and oxygen atoms in total. The van der Waals surface area contributed by atoms with Crippen molar-refractivity contribution in [2.24, 2.45) is 5.16 Å². The monoisotopic (exact) mass is 417 g/mol. The maximum atomic E-state index is 11.7. The molecular formula is C17H22F3N5O4. The van der Waals surface area contributed by atoms with Gasteiger partial charge >= 0.3 is 12.1 Å². The number of hydrogen-bond donors (Lipinski definition) is 2. The Morgan fingerprint density at radius 2 is 1.86 bits per heavy atom. The molecule has 0 saturated carbocycles. The summed E-state index contributed by atoms with van der Waals surface area (Å²) in [5, 5.41) is 13.7. The Labute approximate surface area is 164 Å². The molecule has 0 bridgehead atoms. The molecule has 2 N–H and O–H groups in total. The van der Waals surface area contributed by atoms with Crippen molar-refractivity contribution in [1.82, 2.24) is 15.3 Å². The van der Waals surface area contributed by atoms with Crippen LogP contribution in [-0.4, -0.2) is 64.6 Å². The molecule has 0 aromatic carbocycles. The summed E-state index contributed by atoms with van der Waals surface area (Å²) in [6.45, 7) is 5.48. The highest BCUT2D eigenvalue weighted by Crippen LogP contribution is 2.34. The first-order valence-corrected chi connectivity index (χ1v) is 8.80. The molecule has 0 aliphatic carbocycles. The molecule has 0 radical (unpaired) electrons. The number of halogens is 3. The Balaban J connectivity index is 0.000000370. The van der Waals surface area contributed by atoms with E-state index in [1.807, 2.05) is 19.9 Å². The second-order valence-corrected chi connectivity index (χ2v) is 6.85. The molecule has 12 heteroatoms. The van der Waals surface area contributed by atoms with Crippen molar-refractivity contribution in [2.75, 3.05) is 25.0 Å². The van der Waals surface area contributed by atoms with E-state index in [2.05, 4.69) is 25.3 Å². The number of carboxylic acids is 1. The number of piperidine rings is 1. The zero-order valence-electron chi connectivity index (χ0n) is 16.2. The quantitative estimate of drug-likeness (QED) is 0.750. The summed E-state index contributed by atoms with van der Waals surface area (Å²) in [6.07, 6.45) is -2.70. The summed E-state index contributed by atoms with van der Waals surface area (Å²) in [6, 6.07) is 1.96. The second kappa shape index (κ2) is 8.62. The molecule has 1 spiro atoms. The van der Waals surface area contributed by atoms with Crippen LogP contribution in [0.1, 0.15) is 30.7 Å². The number of carbonyl (C=O) groups is 2. The van der Waals surface area contributed by atoms with Gasteiger partial charge in [-0.1, -0.05) is 5.16 Å². The van der Waals surface area contributed by atoms with Crippen LogP contribution in [-0.2, 0) is 14.4 Å². The van der Waals surface area contributed by atoms with Crippen molar-refractivity contribution in [3.8, 4) is 0 Å². The zero-order valence-corrected chi connectivity index (χ0v) is 16.2. The van der Waals surface area contributed by atoms with Gasteiger partial charge < -0.3 is 20.2 Å². The number of rotatable bonds is 2. The molecule has 29 heavy (non-hydrogen) atoms. The number of carboxylic acid groups (broad SMARTS) is 1. The Bertz CT molecular complexity index is 794. The van der Waals surface area contributed by atoms with Crippen LogP contribution < -0.4 is 10.2 Å². The molecule has 2 aliphatic heterocycles. The molecule has 1 aromatic rings. The molecule has 1 fully saturated rings. The molecule has 1 unspecified atom stereocenters. The van der Waals surface area contributed by atoms with Gasteiger partial charge in [0.05, 0.1) is 6.54 Å². The van der Waals surface area contributed by atoms with E-state index >= 15 is 0 Å². The fourth-order valence-corrected chi connectivity index (χ4v) is 3.12. The van der Waals surface area contributed by atoms with Crippen LogP contribution in [0.3, 0.4) is 0 Å². The van der Waals surface area contributed by atoms with E-state index in [9.17, 15) is 18.0 Å². The van der Waals surface area contributed by atoms with Gasteiger partial charge in [0.15, 0.2) is 5.60 Å². The molecule has 2 aliphatic rings. The van der Waals surface area contributed by atoms with E-state index < -0.39 is 17.7 Å². The second-order valence-electron chi connectivity index (χ2n) is 6.85. The standard InChI is InChI=1S/C15H21N5O2.C2HF3O2/c1-10-7-11(2)18-14(17-10)20-6-4-5-15(9-20)8-12(19-22-15)13(21)16-3;3-2(4,5)1(6)7/h7H,4-6,8-9H2,1-3H3,(H,16,21);(H,6,7). The van der Waals surface area contributed by atoms with Gasteiger partial charge in [-0.15, -0.1) is 0 Å². The lowest BCUT2D eigenvalue weighted by Gasteiger charge is -2.38. The van der Waals surface area contributed by atoms with E-state index in [-0.39, 0.29) is 5.91 Å². The normalized spacial score (nSPS) is 21.0. The average molecular weight is 417 g/mol. The molecular weight excluding hydrogens is 395 g/mol. The van der Waals surface area contributed by atoms with Crippen molar-refractivity contribution in [1.29, 1.82) is 0 Å². The van der Waals surface area contributed by atoms with Crippen LogP contribution in [0.15, 0.2) is 11.2 Å². The van der Waals surface area contributed by atoms with Gasteiger partial charge in [-0.2, -0.15) is 13.2 Å². The summed E-state index contributed by atoms with van der Waals surface area (Å²) in [5.41, 5.74) is 1.94. The van der Waals surface area contributed by atoms with E-state index in [0.717, 1.165) is 36.7 Å². The lowest BCUT2D eigenvalue weighted by molar-refractivity contribution is -0.192. The van der Waals surface area contributed by atoms with Crippen LogP contribution in [0.5, 0.6) is 0 Å². The van der Waals surface area contributed by atoms with Gasteiger partial charge in [0.2, 0.25) is 5.95 Å². The van der Waals surface area contributed by atoms with Gasteiger partial charge in [0.25, 0.3) is 5.91 Å². The van der Waals surface area contributed by atoms with E-state index in [1.54, 1.807) is 7.05 Å². The topological polar surface area (TPSA) is 117 Å². The molecule has 1 atom stereocenters. The fraction of sp³-hybridized carbons (Fsp3) is 0.588. The van der Waals surface area contributed by atoms with Crippen LogP contribution >= 0.6 is 0 Å². The van der Waals surface area contributed by atoms with Crippen LogP contribution in [0, 0.1) is 13.8 Å². The SMILES string of the molecule is CNC(=O)C1=NOC2(CCCN(c3nc(C)cc(C)n3)C2)C1.O=C(O)C(F)(F)F. The Morgan fingerprint density at radius 3 is 2.38 bits per heavy atom. The lowest BCUT2D eigenvalue weighted by Crippen LogP contribution is -2.49. The number of anilines is 1. The predicted octanol–water partition coefficient (Wildman–Crippen LogP) is 1.59. The molecule has 3 rings (SSSR count). The number of alkyl halides is 3. The minimum Gasteiger partial charge on any atom is -0.475 e. The highest BCUT2D eigenvalue weighted by molar-refractivity contribution is 6.39. The van der Waals surface area contributed by atoms with Gasteiger partial charge in [-0.05, 0) is 32.8 Å². The van der Waals surface area contributed by atoms with Gasteiger partial charge in [0, 0.05) is 31.4 Å². The molecule has 1 aromatic heterocycles. The molecule has 160 valence electrons. The third-order valence-electron chi connectivity index (χ3n) is 4.36. The Hall–Kier alpha value is -2.92. The lowest BCUT2D eigenvalue weighted by atomic mass is 9.88. The summed E-state index contributed by atoms with van der Waals surface area (Å²) >= 11 is 0. The molecule has 1 amide bonds. The first kappa shape index (κ1) is 22.4. The maximum absolute atomic E-state index is 11.7. The van der Waals surface area contributed by atoms with E-state index in [0.29, 0.717) is 18.7 Å². The number of oxime groups is 1. The van der Waals surface area contributed by atoms with Crippen molar-refractivity contribution < 1.29 is 32.7 Å². The van der Waals surface area contributed by atoms with E-state index in [1.165, 1.54) is 0 Å². The number of aryl methyl sites for hydroxylation is 2. The number of hydrogen-bond acceptors (Lipinski definition) is 7. The predicted molar refractivity (Wildman–Crippen MR) is 96.6 cm³/mol. The largest absolute Gasteiger partial charge is 0.490 e. The first-order valence-electron chi connectivity index (χ1n) is 8.80. The van der Waals surface area contributed by atoms with Crippen LogP contribution in [0.25, 0.3) is 0 Å². The van der Waals surface area contributed by atoms with Crippen molar-refractivity contribution >= 4 is 23.5 Å². The highest BCUT2D eigenvalue weighted by Gasteiger charge is 2.45. The van der Waals surface area contributed by atoms with Crippen LogP contribution in [0.4, 0.5) is 19.1 Å². The average Bonchev–Trinajstić information content (AvgIpc) is 3.03. The number of aliphatic carboxylic acids is 1. The first-order chi connectivity index (χ1) is 13.5.